The highest BCUT2D eigenvalue weighted by Gasteiger charge is 2.47. The van der Waals surface area contributed by atoms with Gasteiger partial charge in [-0.05, 0) is 241 Å². The van der Waals surface area contributed by atoms with Crippen LogP contribution in [0.3, 0.4) is 0 Å². The van der Waals surface area contributed by atoms with Gasteiger partial charge in [0.1, 0.15) is 16.9 Å². The first kappa shape index (κ1) is 84.5. The molecule has 1 aliphatic rings. The molecule has 0 N–H and O–H groups in total. The summed E-state index contributed by atoms with van der Waals surface area (Å²) in [6, 6.07) is 201. The minimum atomic E-state index is -0.493. The minimum absolute atomic E-state index is 0.493. The van der Waals surface area contributed by atoms with E-state index >= 15 is 0 Å². The zero-order chi connectivity index (χ0) is 98.3. The highest BCUT2D eigenvalue weighted by Crippen LogP contribution is 2.60. The summed E-state index contributed by atoms with van der Waals surface area (Å²) in [6.45, 7) is 0. The molecule has 0 fully saturated rings. The topological polar surface area (TPSA) is 36.2 Å². The third-order valence-electron chi connectivity index (χ3n) is 31.9. The van der Waals surface area contributed by atoms with Crippen molar-refractivity contribution in [3.63, 3.8) is 0 Å². The van der Waals surface area contributed by atoms with Crippen LogP contribution in [-0.2, 0) is 5.41 Å². The second kappa shape index (κ2) is 33.5. The second-order valence-electron chi connectivity index (χ2n) is 39.6. The van der Waals surface area contributed by atoms with Gasteiger partial charge in [-0.15, -0.1) is 0 Å². The maximum absolute atomic E-state index is 2.48. The molecule has 0 amide bonds. The Morgan fingerprint density at radius 3 is 0.873 bits per heavy atom. The number of aromatic nitrogens is 6. The lowest BCUT2D eigenvalue weighted by Crippen LogP contribution is -2.28. The van der Waals surface area contributed by atoms with Crippen molar-refractivity contribution in [3.05, 3.63) is 574 Å². The van der Waals surface area contributed by atoms with Crippen molar-refractivity contribution in [2.45, 2.75) is 5.41 Å². The first-order chi connectivity index (χ1) is 74.5. The molecule has 9 nitrogen and oxygen atoms in total. The number of hydrogen-bond donors (Lipinski definition) is 0. The SMILES string of the molecule is c1ccc(-c2ccc(-c3ccc(N(c4ccccc4)c4cccc5c4c4c6ccccc6n6c7ccccc7n5c46)cc3)cc2)cc1.c1ccc(N(c2ccc3c(c2)C(c2ccccc2)(c2ccccc2)c2ccccc2-3)c2cccc3c2c2c4ccccc4n4c5ccccc5n3c24)cc1.c1ccc2c(-c3ccc(N(c4cccc5ccccc45)c4cccc5c4c4c6ccccc6n6c7ccccc7n5c46)cc3)cccc2c1. The summed E-state index contributed by atoms with van der Waals surface area (Å²) in [5.41, 5.74) is 43.1. The van der Waals surface area contributed by atoms with Gasteiger partial charge in [0.25, 0.3) is 0 Å². The molecule has 0 bridgehead atoms. The van der Waals surface area contributed by atoms with E-state index < -0.39 is 5.41 Å². The van der Waals surface area contributed by atoms with Gasteiger partial charge in [-0.1, -0.05) is 394 Å². The third-order valence-corrected chi connectivity index (χ3v) is 31.9. The molecular weight excluding hydrogens is 1820 g/mol. The summed E-state index contributed by atoms with van der Waals surface area (Å²) in [5, 5.41) is 16.4. The summed E-state index contributed by atoms with van der Waals surface area (Å²) < 4.78 is 14.7. The van der Waals surface area contributed by atoms with Gasteiger partial charge in [-0.3, -0.25) is 26.4 Å². The Balaban J connectivity index is 0.000000102. The molecule has 0 saturated heterocycles. The molecule has 150 heavy (non-hydrogen) atoms. The van der Waals surface area contributed by atoms with Gasteiger partial charge < -0.3 is 14.7 Å². The lowest BCUT2D eigenvalue weighted by molar-refractivity contribution is 0.768. The van der Waals surface area contributed by atoms with Crippen molar-refractivity contribution >= 4 is 204 Å². The first-order valence-electron chi connectivity index (χ1n) is 51.7. The summed E-state index contributed by atoms with van der Waals surface area (Å²) in [7, 11) is 0. The number of fused-ring (bicyclic) bond motifs is 32. The molecule has 0 spiro atoms. The number of imidazole rings is 3. The van der Waals surface area contributed by atoms with Crippen LogP contribution < -0.4 is 14.7 Å². The van der Waals surface area contributed by atoms with E-state index in [0.29, 0.717) is 0 Å². The van der Waals surface area contributed by atoms with Gasteiger partial charge >= 0.3 is 0 Å². The zero-order valence-electron chi connectivity index (χ0n) is 81.6. The fourth-order valence-electron chi connectivity index (χ4n) is 25.8. The Morgan fingerprint density at radius 2 is 0.420 bits per heavy atom. The van der Waals surface area contributed by atoms with E-state index in [-0.39, 0.29) is 0 Å². The highest BCUT2D eigenvalue weighted by molar-refractivity contribution is 6.31. The number of benzene rings is 23. The molecule has 0 saturated carbocycles. The van der Waals surface area contributed by atoms with Crippen molar-refractivity contribution in [1.82, 2.24) is 26.4 Å². The Bertz CT molecular complexity index is 10900. The molecule has 23 aromatic carbocycles. The van der Waals surface area contributed by atoms with Crippen LogP contribution in [0.1, 0.15) is 22.3 Å². The van der Waals surface area contributed by atoms with E-state index in [1.54, 1.807) is 0 Å². The molecule has 700 valence electrons. The predicted molar refractivity (Wildman–Crippen MR) is 629 cm³/mol. The molecule has 9 heteroatoms. The average Bonchev–Trinajstić information content (AvgIpc) is 1.52. The summed E-state index contributed by atoms with van der Waals surface area (Å²) in [4.78, 5) is 7.37. The molecule has 1 aliphatic carbocycles. The van der Waals surface area contributed by atoms with Crippen molar-refractivity contribution in [2.75, 3.05) is 14.7 Å². The van der Waals surface area contributed by atoms with Crippen LogP contribution in [0.4, 0.5) is 51.2 Å². The quantitative estimate of drug-likeness (QED) is 0.109. The average molecular weight is 1910 g/mol. The largest absolute Gasteiger partial charge is 0.310 e. The number of rotatable bonds is 14. The fraction of sp³-hybridized carbons (Fsp3) is 0.00709. The molecule has 0 radical (unpaired) electrons. The molecule has 32 aromatic rings. The van der Waals surface area contributed by atoms with Crippen LogP contribution in [0, 0.1) is 0 Å². The van der Waals surface area contributed by atoms with Gasteiger partial charge in [0.2, 0.25) is 0 Å². The van der Waals surface area contributed by atoms with Gasteiger partial charge in [0.15, 0.2) is 0 Å². The minimum Gasteiger partial charge on any atom is -0.310 e. The normalized spacial score (nSPS) is 12.5. The maximum Gasteiger partial charge on any atom is 0.131 e. The van der Waals surface area contributed by atoms with Crippen LogP contribution in [0.15, 0.2) is 552 Å². The summed E-state index contributed by atoms with van der Waals surface area (Å²) in [6.07, 6.45) is 0. The van der Waals surface area contributed by atoms with Crippen molar-refractivity contribution in [2.24, 2.45) is 0 Å². The number of hydrogen-bond acceptors (Lipinski definition) is 3. The predicted octanol–water partition coefficient (Wildman–Crippen LogP) is 37.3. The summed E-state index contributed by atoms with van der Waals surface area (Å²) >= 11 is 0. The maximum atomic E-state index is 2.48. The molecule has 0 aliphatic heterocycles. The van der Waals surface area contributed by atoms with E-state index in [0.717, 1.165) is 45.5 Å². The monoisotopic (exact) mass is 1910 g/mol. The highest BCUT2D eigenvalue weighted by atomic mass is 15.2. The Labute approximate surface area is 863 Å². The van der Waals surface area contributed by atoms with E-state index in [9.17, 15) is 0 Å². The number of nitrogens with zero attached hydrogens (tertiary/aromatic N) is 9. The Kier molecular flexibility index (Phi) is 18.9. The van der Waals surface area contributed by atoms with Crippen LogP contribution in [0.5, 0.6) is 0 Å². The van der Waals surface area contributed by atoms with Crippen molar-refractivity contribution in [3.8, 4) is 44.5 Å². The van der Waals surface area contributed by atoms with Crippen LogP contribution in [0.25, 0.3) is 198 Å². The van der Waals surface area contributed by atoms with Crippen molar-refractivity contribution < 1.29 is 0 Å². The smallest absolute Gasteiger partial charge is 0.131 e. The Morgan fingerprint density at radius 1 is 0.147 bits per heavy atom. The lowest BCUT2D eigenvalue weighted by Gasteiger charge is -2.35. The molecule has 9 heterocycles. The van der Waals surface area contributed by atoms with Gasteiger partial charge in [-0.25, -0.2) is 0 Å². The Hall–Kier alpha value is -20.0. The number of anilines is 9. The molecular formula is C141H91N9. The molecule has 0 atom stereocenters. The van der Waals surface area contributed by atoms with E-state index in [1.807, 2.05) is 0 Å². The van der Waals surface area contributed by atoms with Crippen LogP contribution >= 0.6 is 0 Å². The first-order valence-corrected chi connectivity index (χ1v) is 51.7. The molecule has 0 unspecified atom stereocenters. The molecule has 9 aromatic heterocycles. The van der Waals surface area contributed by atoms with E-state index in [2.05, 4.69) is 593 Å². The van der Waals surface area contributed by atoms with Crippen LogP contribution in [-0.4, -0.2) is 26.4 Å². The van der Waals surface area contributed by atoms with Crippen LogP contribution in [0.2, 0.25) is 0 Å². The van der Waals surface area contributed by atoms with Gasteiger partial charge in [0.05, 0.1) is 94.4 Å². The number of para-hydroxylation sites is 11. The van der Waals surface area contributed by atoms with Crippen molar-refractivity contribution in [1.29, 1.82) is 0 Å². The fourth-order valence-corrected chi connectivity index (χ4v) is 25.8. The third kappa shape index (κ3) is 12.4. The standard InChI is InChI=1S/C51H33N3.C46H29N3.C44H29N3/c1-4-17-34(18-5-1)51(35-19-6-2-7-20-35)41-25-12-10-23-38(41)39-32-31-37(33-42(39)51)52(36-21-8-3-9-22-36)46-29-16-30-47-49(46)48-40-24-11-13-26-43(40)53-44-27-14-15-28-45(44)54(47)50(48)53;1-3-16-34-30(12-1)14-9-19-35(34)32-26-28-33(29-27-32)47(38-23-10-15-31-13-2-4-17-36(31)38)42-24-11-25-43-45(42)44-37-18-5-6-20-39(37)48-40-21-7-8-22-41(40)49(43)46(44)48;1-3-12-30(13-4-1)31-22-24-32(25-23-31)33-26-28-35(29-27-33)45(34-14-5-2-6-15-34)40-20-11-21-41-43(40)42-36-16-7-8-17-37(36)46-38-18-9-10-19-39(38)47(41)44(42)46/h1-33H;1-29H;1-29H. The van der Waals surface area contributed by atoms with Gasteiger partial charge in [-0.2, -0.15) is 0 Å². The second-order valence-corrected chi connectivity index (χ2v) is 39.6. The lowest BCUT2D eigenvalue weighted by atomic mass is 9.67. The van der Waals surface area contributed by atoms with E-state index in [4.69, 9.17) is 0 Å². The molecule has 33 rings (SSSR count). The van der Waals surface area contributed by atoms with Gasteiger partial charge in [0, 0.05) is 82.3 Å². The zero-order valence-corrected chi connectivity index (χ0v) is 81.6. The summed E-state index contributed by atoms with van der Waals surface area (Å²) in [5.74, 6) is 0. The van der Waals surface area contributed by atoms with E-state index in [1.165, 1.54) is 226 Å².